The van der Waals surface area contributed by atoms with E-state index >= 15 is 0 Å². The third-order valence-electron chi connectivity index (χ3n) is 2.56. The monoisotopic (exact) mass is 221 g/mol. The molecule has 0 amide bonds. The second kappa shape index (κ2) is 3.41. The summed E-state index contributed by atoms with van der Waals surface area (Å²) in [5.41, 5.74) is 0.403. The van der Waals surface area contributed by atoms with Crippen LogP contribution in [-0.4, -0.2) is 15.0 Å². The summed E-state index contributed by atoms with van der Waals surface area (Å²) in [6.45, 7) is 1.76. The molecule has 6 nitrogen and oxygen atoms in total. The lowest BCUT2D eigenvalue weighted by Crippen LogP contribution is -2.33. The zero-order valence-corrected chi connectivity index (χ0v) is 8.89. The Hall–Kier alpha value is -2.24. The summed E-state index contributed by atoms with van der Waals surface area (Å²) in [5, 5.41) is 19.0. The van der Waals surface area contributed by atoms with Crippen LogP contribution in [0, 0.1) is 17.0 Å². The molecule has 16 heavy (non-hydrogen) atoms. The summed E-state index contributed by atoms with van der Waals surface area (Å²) in [6, 6.07) is 4.64. The number of hydrogen-bond acceptors (Lipinski definition) is 3. The first-order valence-corrected chi connectivity index (χ1v) is 4.67. The van der Waals surface area contributed by atoms with E-state index < -0.39 is 4.92 Å². The third kappa shape index (κ3) is 1.35. The number of non-ortho nitro benzene ring substituents is 1. The summed E-state index contributed by atoms with van der Waals surface area (Å²) >= 11 is 0. The van der Waals surface area contributed by atoms with Crippen molar-refractivity contribution in [3.63, 3.8) is 0 Å². The van der Waals surface area contributed by atoms with Crippen LogP contribution < -0.4 is 4.57 Å². The van der Waals surface area contributed by atoms with E-state index in [9.17, 15) is 10.1 Å². The fourth-order valence-electron chi connectivity index (χ4n) is 1.60. The second-order valence-electron chi connectivity index (χ2n) is 3.50. The summed E-state index contributed by atoms with van der Waals surface area (Å²) in [5.74, 6) is 0.757. The van der Waals surface area contributed by atoms with Crippen molar-refractivity contribution in [1.82, 2.24) is 4.98 Å². The Kier molecular flexibility index (Phi) is 2.19. The number of nitrogens with zero attached hydrogens (tertiary/aromatic N) is 3. The van der Waals surface area contributed by atoms with E-state index in [2.05, 4.69) is 4.98 Å². The molecule has 0 saturated heterocycles. The highest BCUT2D eigenvalue weighted by atomic mass is 16.6. The molecule has 0 aliphatic carbocycles. The lowest BCUT2D eigenvalue weighted by Gasteiger charge is -1.98. The van der Waals surface area contributed by atoms with Gasteiger partial charge in [0.2, 0.25) is 10.9 Å². The first-order valence-electron chi connectivity index (χ1n) is 4.67. The summed E-state index contributed by atoms with van der Waals surface area (Å²) < 4.78 is 1.52. The Balaban J connectivity index is 2.97. The summed E-state index contributed by atoms with van der Waals surface area (Å²) in [4.78, 5) is 14.6. The molecule has 0 bridgehead atoms. The van der Waals surface area contributed by atoms with E-state index in [-0.39, 0.29) is 17.0 Å². The number of nitro benzene ring substituents is 1. The van der Waals surface area contributed by atoms with Gasteiger partial charge in [0.25, 0.3) is 5.69 Å². The predicted octanol–water partition coefficient (Wildman–Crippen LogP) is 0.714. The van der Waals surface area contributed by atoms with Crippen molar-refractivity contribution in [3.8, 4) is 5.88 Å². The van der Waals surface area contributed by atoms with Crippen molar-refractivity contribution in [1.29, 1.82) is 0 Å². The molecule has 0 spiro atoms. The predicted molar refractivity (Wildman–Crippen MR) is 57.4 cm³/mol. The van der Waals surface area contributed by atoms with E-state index in [1.807, 2.05) is 0 Å². The van der Waals surface area contributed by atoms with Gasteiger partial charge in [0.15, 0.2) is 0 Å². The fraction of sp³-hybridized carbons (Fsp3) is 0.200. The van der Waals surface area contributed by atoms with Crippen molar-refractivity contribution in [2.24, 2.45) is 7.05 Å². The van der Waals surface area contributed by atoms with E-state index in [4.69, 9.17) is 5.11 Å². The van der Waals surface area contributed by atoms with Crippen LogP contribution in [0.1, 0.15) is 5.82 Å². The number of fused-ring (bicyclic) bond motifs is 1. The first kappa shape index (κ1) is 10.3. The molecule has 2 N–H and O–H groups in total. The normalized spacial score (nSPS) is 10.6. The lowest BCUT2D eigenvalue weighted by molar-refractivity contribution is -0.685. The van der Waals surface area contributed by atoms with Gasteiger partial charge in [-0.3, -0.25) is 10.1 Å². The maximum Gasteiger partial charge on any atom is 0.442 e. The molecule has 0 unspecified atom stereocenters. The van der Waals surface area contributed by atoms with Crippen LogP contribution in [0.5, 0.6) is 5.88 Å². The molecule has 2 aromatic rings. The van der Waals surface area contributed by atoms with Crippen molar-refractivity contribution < 1.29 is 14.6 Å². The minimum absolute atomic E-state index is 0.0781. The van der Waals surface area contributed by atoms with Crippen molar-refractivity contribution in [3.05, 3.63) is 34.1 Å². The Morgan fingerprint density at radius 1 is 1.50 bits per heavy atom. The number of aryl methyl sites for hydroxylation is 1. The van der Waals surface area contributed by atoms with Crippen LogP contribution in [0.2, 0.25) is 0 Å². The molecule has 82 valence electrons. The third-order valence-corrected chi connectivity index (χ3v) is 2.56. The van der Waals surface area contributed by atoms with Crippen molar-refractivity contribution in [2.75, 3.05) is 0 Å². The van der Waals surface area contributed by atoms with Gasteiger partial charge in [-0.25, -0.2) is 0 Å². The van der Waals surface area contributed by atoms with Gasteiger partial charge in [-0.1, -0.05) is 6.07 Å². The smallest absolute Gasteiger partial charge is 0.442 e. The molecule has 6 heteroatoms. The van der Waals surface area contributed by atoms with Crippen LogP contribution in [0.25, 0.3) is 10.9 Å². The van der Waals surface area contributed by atoms with Crippen LogP contribution >= 0.6 is 0 Å². The topological polar surface area (TPSA) is 82.8 Å². The van der Waals surface area contributed by atoms with Crippen molar-refractivity contribution >= 4 is 16.6 Å². The van der Waals surface area contributed by atoms with Gasteiger partial charge in [0.05, 0.1) is 12.0 Å². The Morgan fingerprint density at radius 2 is 2.19 bits per heavy atom. The van der Waals surface area contributed by atoms with E-state index in [1.165, 1.54) is 10.6 Å². The largest absolute Gasteiger partial charge is 0.562 e. The molecule has 1 aromatic carbocycles. The summed E-state index contributed by atoms with van der Waals surface area (Å²) in [7, 11) is 1.67. The van der Waals surface area contributed by atoms with E-state index in [0.29, 0.717) is 11.3 Å². The standard InChI is InChI=1S/C10H9N3O3/c1-6-11-7-4-3-5-8(13(15)16)9(7)10(14)12(6)2/h3-5H,1-2H3/p+2. The zero-order valence-electron chi connectivity index (χ0n) is 8.89. The molecule has 0 aliphatic heterocycles. The van der Waals surface area contributed by atoms with Crippen LogP contribution in [0.3, 0.4) is 0 Å². The highest BCUT2D eigenvalue weighted by Crippen LogP contribution is 2.29. The maximum atomic E-state index is 10.8. The average Bonchev–Trinajstić information content (AvgIpc) is 2.25. The molecular formula is C10H11N3O3+2. The molecule has 1 aromatic heterocycles. The maximum absolute atomic E-state index is 10.8. The zero-order chi connectivity index (χ0) is 11.9. The first-order chi connectivity index (χ1) is 7.52. The van der Waals surface area contributed by atoms with Gasteiger partial charge >= 0.3 is 11.7 Å². The molecule has 0 fully saturated rings. The van der Waals surface area contributed by atoms with E-state index in [0.717, 1.165) is 0 Å². The lowest BCUT2D eigenvalue weighted by atomic mass is 10.2. The second-order valence-corrected chi connectivity index (χ2v) is 3.50. The van der Waals surface area contributed by atoms with Crippen molar-refractivity contribution in [2.45, 2.75) is 6.92 Å². The molecule has 0 aliphatic rings. The minimum Gasteiger partial charge on any atom is -0.562 e. The SMILES string of the molecule is Cc1nc2cccc([N+](=O)[O-])c2c([OH2+])[n+]1C. The van der Waals surface area contributed by atoms with Gasteiger partial charge in [0.1, 0.15) is 0 Å². The van der Waals surface area contributed by atoms with Gasteiger partial charge in [-0.05, 0) is 11.1 Å². The van der Waals surface area contributed by atoms with Gasteiger partial charge in [-0.15, -0.1) is 0 Å². The van der Waals surface area contributed by atoms with Crippen LogP contribution in [0.15, 0.2) is 18.2 Å². The highest BCUT2D eigenvalue weighted by molar-refractivity contribution is 5.90. The Bertz CT molecular complexity index is 595. The molecule has 1 heterocycles. The van der Waals surface area contributed by atoms with Crippen LogP contribution in [-0.2, 0) is 7.05 Å². The molecular weight excluding hydrogens is 210 g/mol. The Labute approximate surface area is 90.9 Å². The van der Waals surface area contributed by atoms with Gasteiger partial charge in [0, 0.05) is 13.0 Å². The number of aromatic nitrogens is 2. The average molecular weight is 221 g/mol. The quantitative estimate of drug-likeness (QED) is 0.308. The van der Waals surface area contributed by atoms with Gasteiger partial charge in [-0.2, -0.15) is 4.57 Å². The molecule has 0 saturated carbocycles. The molecule has 2 rings (SSSR count). The molecule has 0 radical (unpaired) electrons. The number of benzene rings is 1. The number of nitro groups is 1. The number of rotatable bonds is 1. The summed E-state index contributed by atoms with van der Waals surface area (Å²) in [6.07, 6.45) is 0. The van der Waals surface area contributed by atoms with Crippen LogP contribution in [0.4, 0.5) is 5.69 Å². The minimum atomic E-state index is -0.489. The number of hydrogen-bond donors (Lipinski definition) is 0. The Morgan fingerprint density at radius 3 is 2.81 bits per heavy atom. The highest BCUT2D eigenvalue weighted by Gasteiger charge is 2.27. The van der Waals surface area contributed by atoms with Gasteiger partial charge < -0.3 is 5.11 Å². The molecule has 0 atom stereocenters. The van der Waals surface area contributed by atoms with E-state index in [1.54, 1.807) is 26.1 Å². The fourth-order valence-corrected chi connectivity index (χ4v) is 1.60.